The standard InChI is InChI=1S/C41H45F3O8/c1-5-9-21-49-36(45)29-20-19-27-26-17-13-15-25-16-14-18-28(30(25)26)34-32(27)31(29)33(37(46)50-22-10-6-2)35(38(47)51-23-11-7-3)40(34,41(42,43)44)39(48)52-24-12-8-4/h13-20,35H,5-12,21-24H2,1-4H3. The van der Waals surface area contributed by atoms with Crippen molar-refractivity contribution in [3.63, 3.8) is 0 Å². The molecule has 0 heterocycles. The van der Waals surface area contributed by atoms with Gasteiger partial charge in [-0.25, -0.2) is 9.59 Å². The average Bonchev–Trinajstić information content (AvgIpc) is 3.12. The zero-order valence-corrected chi connectivity index (χ0v) is 30.1. The van der Waals surface area contributed by atoms with Crippen LogP contribution in [-0.2, 0) is 38.7 Å². The second-order valence-corrected chi connectivity index (χ2v) is 13.1. The quantitative estimate of drug-likeness (QED) is 0.0373. The first kappa shape index (κ1) is 38.6. The largest absolute Gasteiger partial charge is 0.465 e. The lowest BCUT2D eigenvalue weighted by molar-refractivity contribution is -0.221. The molecule has 0 aromatic heterocycles. The van der Waals surface area contributed by atoms with E-state index in [-0.39, 0.29) is 59.8 Å². The average molecular weight is 723 g/mol. The van der Waals surface area contributed by atoms with Crippen LogP contribution in [-0.4, -0.2) is 56.5 Å². The molecule has 0 saturated carbocycles. The normalized spacial score (nSPS) is 17.1. The SMILES string of the molecule is CCCCOC(=O)C1=c2c(C(=O)OCCCC)ccc3c2c(c2cccc4cccc3c42)C(C(=O)OCCCC)(C(F)(F)F)C1C(=O)OCCCC. The minimum atomic E-state index is -5.53. The van der Waals surface area contributed by atoms with Crippen LogP contribution in [0.15, 0.2) is 48.5 Å². The number of carbonyl (C=O) groups is 4. The Balaban J connectivity index is 2.09. The van der Waals surface area contributed by atoms with E-state index in [0.29, 0.717) is 61.1 Å². The van der Waals surface area contributed by atoms with Gasteiger partial charge in [-0.05, 0) is 69.6 Å². The molecule has 0 spiro atoms. The third-order valence-electron chi connectivity index (χ3n) is 9.68. The Kier molecular flexibility index (Phi) is 12.1. The Morgan fingerprint density at radius 1 is 0.635 bits per heavy atom. The van der Waals surface area contributed by atoms with Gasteiger partial charge in [-0.2, -0.15) is 13.2 Å². The van der Waals surface area contributed by atoms with Gasteiger partial charge in [0.25, 0.3) is 0 Å². The van der Waals surface area contributed by atoms with Gasteiger partial charge in [0.15, 0.2) is 0 Å². The summed E-state index contributed by atoms with van der Waals surface area (Å²) < 4.78 is 72.0. The van der Waals surface area contributed by atoms with Crippen LogP contribution in [0.25, 0.3) is 37.9 Å². The summed E-state index contributed by atoms with van der Waals surface area (Å²) in [6.07, 6.45) is -1.72. The number of carbonyl (C=O) groups excluding carboxylic acids is 4. The summed E-state index contributed by atoms with van der Waals surface area (Å²) in [5.74, 6) is -8.00. The lowest BCUT2D eigenvalue weighted by Crippen LogP contribution is -2.61. The molecule has 0 amide bonds. The van der Waals surface area contributed by atoms with E-state index in [2.05, 4.69) is 0 Å². The van der Waals surface area contributed by atoms with Crippen LogP contribution in [0.1, 0.15) is 95.0 Å². The Hall–Kier alpha value is -4.67. The van der Waals surface area contributed by atoms with Crippen molar-refractivity contribution in [2.75, 3.05) is 26.4 Å². The van der Waals surface area contributed by atoms with Crippen LogP contribution in [0.5, 0.6) is 0 Å². The van der Waals surface area contributed by atoms with E-state index >= 15 is 13.2 Å². The van der Waals surface area contributed by atoms with Crippen molar-refractivity contribution in [2.45, 2.75) is 90.7 Å². The highest BCUT2D eigenvalue weighted by Crippen LogP contribution is 2.57. The molecule has 4 aromatic carbocycles. The first-order valence-corrected chi connectivity index (χ1v) is 18.2. The fourth-order valence-corrected chi connectivity index (χ4v) is 7.11. The van der Waals surface area contributed by atoms with Crippen molar-refractivity contribution in [2.24, 2.45) is 5.92 Å². The fourth-order valence-electron chi connectivity index (χ4n) is 7.11. The summed E-state index contributed by atoms with van der Waals surface area (Å²) >= 11 is 0. The minimum Gasteiger partial charge on any atom is -0.465 e. The highest BCUT2D eigenvalue weighted by Gasteiger charge is 2.73. The maximum atomic E-state index is 16.6. The van der Waals surface area contributed by atoms with E-state index < -0.39 is 52.5 Å². The zero-order chi connectivity index (χ0) is 37.6. The number of fused-ring (bicyclic) bond motifs is 2. The van der Waals surface area contributed by atoms with E-state index in [1.165, 1.54) is 18.2 Å². The molecule has 1 aliphatic carbocycles. The number of esters is 4. The molecule has 0 bridgehead atoms. The van der Waals surface area contributed by atoms with Gasteiger partial charge in [0.05, 0.1) is 37.6 Å². The number of alkyl halides is 3. The van der Waals surface area contributed by atoms with Gasteiger partial charge in [-0.3, -0.25) is 9.59 Å². The lowest BCUT2D eigenvalue weighted by atomic mass is 9.60. The molecule has 5 rings (SSSR count). The van der Waals surface area contributed by atoms with Gasteiger partial charge < -0.3 is 18.9 Å². The predicted molar refractivity (Wildman–Crippen MR) is 192 cm³/mol. The van der Waals surface area contributed by atoms with Crippen LogP contribution in [0.2, 0.25) is 0 Å². The highest BCUT2D eigenvalue weighted by atomic mass is 19.4. The summed E-state index contributed by atoms with van der Waals surface area (Å²) in [5, 5.41) is 1.36. The number of benzene rings is 4. The van der Waals surface area contributed by atoms with Gasteiger partial charge in [0.1, 0.15) is 5.92 Å². The highest BCUT2D eigenvalue weighted by molar-refractivity contribution is 6.29. The summed E-state index contributed by atoms with van der Waals surface area (Å²) in [4.78, 5) is 57.4. The van der Waals surface area contributed by atoms with E-state index in [4.69, 9.17) is 18.9 Å². The third kappa shape index (κ3) is 6.70. The van der Waals surface area contributed by atoms with Gasteiger partial charge in [-0.1, -0.05) is 95.8 Å². The second kappa shape index (κ2) is 16.3. The Morgan fingerprint density at radius 2 is 1.15 bits per heavy atom. The molecule has 1 aliphatic rings. The Morgan fingerprint density at radius 3 is 1.73 bits per heavy atom. The summed E-state index contributed by atoms with van der Waals surface area (Å²) in [6, 6.07) is 12.9. The molecule has 0 N–H and O–H groups in total. The monoisotopic (exact) mass is 722 g/mol. The van der Waals surface area contributed by atoms with Gasteiger partial charge >= 0.3 is 30.1 Å². The fraction of sp³-hybridized carbons (Fsp3) is 0.463. The zero-order valence-electron chi connectivity index (χ0n) is 30.1. The molecule has 0 saturated heterocycles. The van der Waals surface area contributed by atoms with Crippen LogP contribution in [0.3, 0.4) is 0 Å². The molecule has 4 aromatic rings. The smallest absolute Gasteiger partial charge is 0.410 e. The van der Waals surface area contributed by atoms with Gasteiger partial charge in [0, 0.05) is 5.22 Å². The Bertz CT molecular complexity index is 2030. The summed E-state index contributed by atoms with van der Waals surface area (Å²) in [6.45, 7) is 6.55. The van der Waals surface area contributed by atoms with Crippen molar-refractivity contribution < 1.29 is 51.3 Å². The van der Waals surface area contributed by atoms with Crippen LogP contribution in [0, 0.1) is 5.92 Å². The van der Waals surface area contributed by atoms with Crippen molar-refractivity contribution in [1.82, 2.24) is 0 Å². The van der Waals surface area contributed by atoms with Crippen LogP contribution < -0.4 is 5.22 Å². The number of rotatable bonds is 16. The van der Waals surface area contributed by atoms with Crippen molar-refractivity contribution >= 4 is 61.8 Å². The molecular weight excluding hydrogens is 677 g/mol. The van der Waals surface area contributed by atoms with E-state index in [0.717, 1.165) is 0 Å². The Labute approximate surface area is 300 Å². The summed E-state index contributed by atoms with van der Waals surface area (Å²) in [5.41, 5.74) is -5.39. The number of unbranched alkanes of at least 4 members (excludes halogenated alkanes) is 4. The third-order valence-corrected chi connectivity index (χ3v) is 9.68. The first-order chi connectivity index (χ1) is 25.0. The number of hydrogen-bond donors (Lipinski definition) is 0. The molecule has 52 heavy (non-hydrogen) atoms. The summed E-state index contributed by atoms with van der Waals surface area (Å²) in [7, 11) is 0. The van der Waals surface area contributed by atoms with Crippen LogP contribution >= 0.6 is 0 Å². The number of halogens is 3. The first-order valence-electron chi connectivity index (χ1n) is 18.2. The number of hydrogen-bond acceptors (Lipinski definition) is 8. The second-order valence-electron chi connectivity index (χ2n) is 13.1. The molecular formula is C41H45F3O8. The lowest BCUT2D eigenvalue weighted by Gasteiger charge is -2.43. The van der Waals surface area contributed by atoms with Gasteiger partial charge in [-0.15, -0.1) is 0 Å². The van der Waals surface area contributed by atoms with Crippen LogP contribution in [0.4, 0.5) is 13.2 Å². The maximum absolute atomic E-state index is 16.6. The minimum absolute atomic E-state index is 0.0135. The van der Waals surface area contributed by atoms with E-state index in [1.807, 2.05) is 20.8 Å². The predicted octanol–water partition coefficient (Wildman–Crippen LogP) is 8.43. The molecule has 0 aliphatic heterocycles. The maximum Gasteiger partial charge on any atom is 0.410 e. The van der Waals surface area contributed by atoms with E-state index in [9.17, 15) is 19.2 Å². The molecule has 11 heteroatoms. The molecule has 0 radical (unpaired) electrons. The van der Waals surface area contributed by atoms with Crippen molar-refractivity contribution in [3.8, 4) is 0 Å². The van der Waals surface area contributed by atoms with E-state index in [1.54, 1.807) is 37.3 Å². The van der Waals surface area contributed by atoms with Crippen molar-refractivity contribution in [3.05, 3.63) is 64.9 Å². The molecule has 2 atom stereocenters. The molecule has 278 valence electrons. The molecule has 0 fully saturated rings. The van der Waals surface area contributed by atoms with Crippen molar-refractivity contribution in [1.29, 1.82) is 0 Å². The molecule has 2 unspecified atom stereocenters. The topological polar surface area (TPSA) is 105 Å². The number of ether oxygens (including phenoxy) is 4. The molecule has 8 nitrogen and oxygen atoms in total. The van der Waals surface area contributed by atoms with Gasteiger partial charge in [0.2, 0.25) is 5.41 Å².